The van der Waals surface area contributed by atoms with Crippen molar-refractivity contribution in [2.45, 2.75) is 33.1 Å². The molecule has 0 saturated heterocycles. The summed E-state index contributed by atoms with van der Waals surface area (Å²) in [6.45, 7) is 3.83. The quantitative estimate of drug-likeness (QED) is 0.759. The fraction of sp³-hybridized carbons (Fsp3) is 0.278. The Labute approximate surface area is 140 Å². The molecule has 2 aromatic carbocycles. The zero-order chi connectivity index (χ0) is 17.5. The number of amides is 2. The van der Waals surface area contributed by atoms with Gasteiger partial charge in [0, 0.05) is 12.6 Å². The van der Waals surface area contributed by atoms with Crippen LogP contribution in [0.1, 0.15) is 25.0 Å². The van der Waals surface area contributed by atoms with Crippen LogP contribution < -0.4 is 15.4 Å². The summed E-state index contributed by atoms with van der Waals surface area (Å²) in [7, 11) is 0. The molecular weight excluding hydrogens is 311 g/mol. The third-order valence-corrected chi connectivity index (χ3v) is 3.29. The second-order valence-corrected chi connectivity index (χ2v) is 5.54. The highest BCUT2D eigenvalue weighted by Gasteiger charge is 2.09. The smallest absolute Gasteiger partial charge is 0.319 e. The van der Waals surface area contributed by atoms with Crippen LogP contribution in [0.5, 0.6) is 5.75 Å². The van der Waals surface area contributed by atoms with E-state index in [1.165, 1.54) is 12.1 Å². The first-order valence-corrected chi connectivity index (χ1v) is 7.68. The Hall–Kier alpha value is -2.60. The number of hydrogen-bond acceptors (Lipinski definition) is 3. The number of urea groups is 1. The van der Waals surface area contributed by atoms with E-state index in [1.807, 2.05) is 32.0 Å². The SMILES string of the molecule is CC(C)Oc1ccc(NC(=O)NCc2ccccc2CO)c(F)c1. The molecule has 0 bridgehead atoms. The van der Waals surface area contributed by atoms with Crippen LogP contribution in [0.3, 0.4) is 0 Å². The highest BCUT2D eigenvalue weighted by atomic mass is 19.1. The van der Waals surface area contributed by atoms with Gasteiger partial charge < -0.3 is 20.5 Å². The van der Waals surface area contributed by atoms with Crippen molar-refractivity contribution in [1.82, 2.24) is 5.32 Å². The van der Waals surface area contributed by atoms with E-state index >= 15 is 0 Å². The molecule has 0 aliphatic heterocycles. The maximum atomic E-state index is 14.0. The summed E-state index contributed by atoms with van der Waals surface area (Å²) in [6, 6.07) is 11.0. The molecule has 0 heterocycles. The van der Waals surface area contributed by atoms with Gasteiger partial charge in [0.1, 0.15) is 11.6 Å². The van der Waals surface area contributed by atoms with Gasteiger partial charge >= 0.3 is 6.03 Å². The molecule has 2 amide bonds. The maximum absolute atomic E-state index is 14.0. The number of anilines is 1. The molecule has 128 valence electrons. The average molecular weight is 332 g/mol. The third kappa shape index (κ3) is 4.96. The van der Waals surface area contributed by atoms with Crippen molar-refractivity contribution in [3.8, 4) is 5.75 Å². The lowest BCUT2D eigenvalue weighted by atomic mass is 10.1. The molecule has 0 saturated carbocycles. The maximum Gasteiger partial charge on any atom is 0.319 e. The average Bonchev–Trinajstić information content (AvgIpc) is 2.55. The minimum atomic E-state index is -0.570. The molecule has 0 radical (unpaired) electrons. The highest BCUT2D eigenvalue weighted by molar-refractivity contribution is 5.89. The number of rotatable bonds is 6. The number of nitrogens with one attached hydrogen (secondary N) is 2. The van der Waals surface area contributed by atoms with Crippen LogP contribution in [0.4, 0.5) is 14.9 Å². The van der Waals surface area contributed by atoms with E-state index in [4.69, 9.17) is 4.74 Å². The lowest BCUT2D eigenvalue weighted by Crippen LogP contribution is -2.29. The summed E-state index contributed by atoms with van der Waals surface area (Å²) in [6.07, 6.45) is -0.0573. The molecule has 5 nitrogen and oxygen atoms in total. The molecule has 6 heteroatoms. The van der Waals surface area contributed by atoms with Crippen molar-refractivity contribution in [3.63, 3.8) is 0 Å². The fourth-order valence-electron chi connectivity index (χ4n) is 2.17. The van der Waals surface area contributed by atoms with Crippen LogP contribution >= 0.6 is 0 Å². The van der Waals surface area contributed by atoms with E-state index in [0.29, 0.717) is 5.75 Å². The van der Waals surface area contributed by atoms with Gasteiger partial charge in [-0.25, -0.2) is 9.18 Å². The molecule has 0 spiro atoms. The molecule has 0 aliphatic rings. The zero-order valence-corrected chi connectivity index (χ0v) is 13.7. The Morgan fingerprint density at radius 2 is 1.92 bits per heavy atom. The largest absolute Gasteiger partial charge is 0.491 e. The number of benzene rings is 2. The normalized spacial score (nSPS) is 10.5. The summed E-state index contributed by atoms with van der Waals surface area (Å²) < 4.78 is 19.4. The topological polar surface area (TPSA) is 70.6 Å². The molecule has 0 fully saturated rings. The molecule has 0 unspecified atom stereocenters. The van der Waals surface area contributed by atoms with Crippen molar-refractivity contribution in [3.05, 3.63) is 59.4 Å². The van der Waals surface area contributed by atoms with Crippen LogP contribution in [0, 0.1) is 5.82 Å². The summed E-state index contributed by atoms with van der Waals surface area (Å²) in [5.74, 6) is -0.163. The van der Waals surface area contributed by atoms with Crippen LogP contribution in [0.25, 0.3) is 0 Å². The standard InChI is InChI=1S/C18H21FN2O3/c1-12(2)24-15-7-8-17(16(19)9-15)21-18(23)20-10-13-5-3-4-6-14(13)11-22/h3-9,12,22H,10-11H2,1-2H3,(H2,20,21,23). The van der Waals surface area contributed by atoms with Gasteiger partial charge in [-0.3, -0.25) is 0 Å². The summed E-state index contributed by atoms with van der Waals surface area (Å²) in [4.78, 5) is 11.9. The first-order chi connectivity index (χ1) is 11.5. The van der Waals surface area contributed by atoms with Crippen molar-refractivity contribution in [2.75, 3.05) is 5.32 Å². The predicted octanol–water partition coefficient (Wildman–Crippen LogP) is 3.43. The summed E-state index contributed by atoms with van der Waals surface area (Å²) >= 11 is 0. The van der Waals surface area contributed by atoms with Crippen molar-refractivity contribution >= 4 is 11.7 Å². The predicted molar refractivity (Wildman–Crippen MR) is 90.4 cm³/mol. The van der Waals surface area contributed by atoms with Gasteiger partial charge in [-0.15, -0.1) is 0 Å². The molecule has 0 aromatic heterocycles. The Balaban J connectivity index is 1.95. The summed E-state index contributed by atoms with van der Waals surface area (Å²) in [5, 5.41) is 14.3. The summed E-state index contributed by atoms with van der Waals surface area (Å²) in [5.41, 5.74) is 1.61. The molecule has 0 aliphatic carbocycles. The van der Waals surface area contributed by atoms with Crippen molar-refractivity contribution < 1.29 is 19.0 Å². The second-order valence-electron chi connectivity index (χ2n) is 5.54. The molecular formula is C18H21FN2O3. The minimum Gasteiger partial charge on any atom is -0.491 e. The molecule has 3 N–H and O–H groups in total. The van der Waals surface area contributed by atoms with Gasteiger partial charge in [0.2, 0.25) is 0 Å². The molecule has 24 heavy (non-hydrogen) atoms. The van der Waals surface area contributed by atoms with Crippen LogP contribution in [0.15, 0.2) is 42.5 Å². The van der Waals surface area contributed by atoms with Gasteiger partial charge in [-0.05, 0) is 37.1 Å². The highest BCUT2D eigenvalue weighted by Crippen LogP contribution is 2.21. The number of halogens is 1. The third-order valence-electron chi connectivity index (χ3n) is 3.29. The first-order valence-electron chi connectivity index (χ1n) is 7.68. The minimum absolute atomic E-state index is 0.0573. The van der Waals surface area contributed by atoms with E-state index in [2.05, 4.69) is 10.6 Å². The number of carbonyl (C=O) groups excluding carboxylic acids is 1. The van der Waals surface area contributed by atoms with E-state index in [-0.39, 0.29) is 24.9 Å². The first kappa shape index (κ1) is 17.7. The Morgan fingerprint density at radius 3 is 2.54 bits per heavy atom. The number of aliphatic hydroxyl groups is 1. The number of aliphatic hydroxyl groups excluding tert-OH is 1. The number of hydrogen-bond donors (Lipinski definition) is 3. The van der Waals surface area contributed by atoms with Gasteiger partial charge in [0.15, 0.2) is 0 Å². The van der Waals surface area contributed by atoms with Gasteiger partial charge in [-0.1, -0.05) is 24.3 Å². The van der Waals surface area contributed by atoms with Gasteiger partial charge in [0.05, 0.1) is 18.4 Å². The zero-order valence-electron chi connectivity index (χ0n) is 13.7. The monoisotopic (exact) mass is 332 g/mol. The number of carbonyl (C=O) groups is 1. The van der Waals surface area contributed by atoms with Gasteiger partial charge in [-0.2, -0.15) is 0 Å². The Morgan fingerprint density at radius 1 is 1.21 bits per heavy atom. The Kier molecular flexibility index (Phi) is 6.14. The number of ether oxygens (including phenoxy) is 1. The lowest BCUT2D eigenvalue weighted by molar-refractivity contribution is 0.241. The fourth-order valence-corrected chi connectivity index (χ4v) is 2.17. The van der Waals surface area contributed by atoms with Crippen LogP contribution in [-0.2, 0) is 13.2 Å². The molecule has 2 aromatic rings. The van der Waals surface area contributed by atoms with Crippen molar-refractivity contribution in [2.24, 2.45) is 0 Å². The lowest BCUT2D eigenvalue weighted by Gasteiger charge is -2.13. The van der Waals surface area contributed by atoms with E-state index in [0.717, 1.165) is 11.1 Å². The van der Waals surface area contributed by atoms with E-state index in [1.54, 1.807) is 12.1 Å². The molecule has 0 atom stereocenters. The second kappa shape index (κ2) is 8.31. The van der Waals surface area contributed by atoms with Crippen molar-refractivity contribution in [1.29, 1.82) is 0 Å². The molecule has 2 rings (SSSR count). The van der Waals surface area contributed by atoms with E-state index in [9.17, 15) is 14.3 Å². The van der Waals surface area contributed by atoms with E-state index < -0.39 is 11.8 Å². The van der Waals surface area contributed by atoms with Gasteiger partial charge in [0.25, 0.3) is 0 Å². The van der Waals surface area contributed by atoms with Crippen LogP contribution in [0.2, 0.25) is 0 Å². The Bertz CT molecular complexity index is 704. The van der Waals surface area contributed by atoms with Crippen LogP contribution in [-0.4, -0.2) is 17.2 Å².